The van der Waals surface area contributed by atoms with Gasteiger partial charge in [-0.2, -0.15) is 4.48 Å². The van der Waals surface area contributed by atoms with Crippen LogP contribution in [0.4, 0.5) is 10.5 Å². The number of esters is 1. The molecule has 11 heteroatoms. The van der Waals surface area contributed by atoms with Gasteiger partial charge in [0.15, 0.2) is 6.04 Å². The fourth-order valence-corrected chi connectivity index (χ4v) is 5.43. The van der Waals surface area contributed by atoms with Crippen molar-refractivity contribution in [3.05, 3.63) is 132 Å². The highest BCUT2D eigenvalue weighted by atomic mass is 16.5. The average molecular weight is 621 g/mol. The third-order valence-electron chi connectivity index (χ3n) is 7.71. The Morgan fingerprint density at radius 3 is 2.17 bits per heavy atom. The van der Waals surface area contributed by atoms with Crippen molar-refractivity contribution in [1.29, 1.82) is 0 Å². The van der Waals surface area contributed by atoms with E-state index >= 15 is 0 Å². The zero-order valence-corrected chi connectivity index (χ0v) is 25.0. The number of nitrogens with two attached hydrogens (primary N) is 1. The Kier molecular flexibility index (Phi) is 10.2. The van der Waals surface area contributed by atoms with Crippen LogP contribution in [0.1, 0.15) is 23.1 Å². The first kappa shape index (κ1) is 31.6. The summed E-state index contributed by atoms with van der Waals surface area (Å²) in [6.07, 6.45) is -0.597. The minimum absolute atomic E-state index is 0.00952. The number of carbonyl (C=O) groups excluding carboxylic acids is 4. The predicted octanol–water partition coefficient (Wildman–Crippen LogP) is 4.27. The zero-order chi connectivity index (χ0) is 32.4. The van der Waals surface area contributed by atoms with E-state index in [9.17, 15) is 19.2 Å². The van der Waals surface area contributed by atoms with Crippen molar-refractivity contribution in [1.82, 2.24) is 5.43 Å². The number of aliphatic imine (C=N–C) groups is 1. The van der Waals surface area contributed by atoms with E-state index in [4.69, 9.17) is 15.2 Å². The number of carbonyl (C=O) groups is 4. The average Bonchev–Trinajstić information content (AvgIpc) is 3.17. The molecule has 2 unspecified atom stereocenters. The van der Waals surface area contributed by atoms with Crippen molar-refractivity contribution in [2.24, 2.45) is 10.7 Å². The molecule has 11 nitrogen and oxygen atoms in total. The lowest BCUT2D eigenvalue weighted by Crippen LogP contribution is -2.66. The van der Waals surface area contributed by atoms with Crippen molar-refractivity contribution in [3.8, 4) is 5.75 Å². The first-order valence-electron chi connectivity index (χ1n) is 14.7. The highest BCUT2D eigenvalue weighted by Crippen LogP contribution is 2.33. The van der Waals surface area contributed by atoms with Crippen LogP contribution >= 0.6 is 0 Å². The maximum Gasteiger partial charge on any atom is 0.440 e. The molecule has 5 rings (SSSR count). The standard InChI is InChI=1S/C35H33N5O6/c36-34(38-35(44)45-24-27-14-6-2-7-15-27)40(21-20-26-12-4-1-5-13-26)23-28-16-10-11-19-30(28)39(37-25-41)31(33(40)43)22-32(42)46-29-17-8-3-9-18-29/h1-19,25,31H,20-24H2,(H2-,36,37,38,41,44)/p+1. The third-order valence-corrected chi connectivity index (χ3v) is 7.71. The molecular formula is C35H34N5O6+. The second-order valence-electron chi connectivity index (χ2n) is 10.7. The number of rotatable bonds is 10. The molecule has 1 heterocycles. The number of hydrogen-bond acceptors (Lipinski definition) is 7. The maximum absolute atomic E-state index is 14.9. The van der Waals surface area contributed by atoms with Crippen LogP contribution in [0.2, 0.25) is 0 Å². The van der Waals surface area contributed by atoms with Gasteiger partial charge < -0.3 is 15.2 Å². The monoisotopic (exact) mass is 620 g/mol. The number of anilines is 1. The number of quaternary nitrogens is 1. The second-order valence-corrected chi connectivity index (χ2v) is 10.7. The number of hydrazine groups is 1. The van der Waals surface area contributed by atoms with Crippen LogP contribution in [0.15, 0.2) is 120 Å². The number of amides is 3. The van der Waals surface area contributed by atoms with Crippen LogP contribution in [0.5, 0.6) is 5.75 Å². The summed E-state index contributed by atoms with van der Waals surface area (Å²) >= 11 is 0. The van der Waals surface area contributed by atoms with Crippen molar-refractivity contribution in [2.45, 2.75) is 32.0 Å². The van der Waals surface area contributed by atoms with Gasteiger partial charge in [-0.1, -0.05) is 97.1 Å². The lowest BCUT2D eigenvalue weighted by molar-refractivity contribution is -0.779. The lowest BCUT2D eigenvalue weighted by Gasteiger charge is -2.36. The molecule has 0 aliphatic carbocycles. The summed E-state index contributed by atoms with van der Waals surface area (Å²) < 4.78 is 10.3. The van der Waals surface area contributed by atoms with Gasteiger partial charge in [-0.3, -0.25) is 20.0 Å². The first-order valence-corrected chi connectivity index (χ1v) is 14.7. The Labute approximate surface area is 266 Å². The van der Waals surface area contributed by atoms with Crippen LogP contribution in [-0.4, -0.2) is 47.4 Å². The minimum atomic E-state index is -1.28. The van der Waals surface area contributed by atoms with E-state index in [0.29, 0.717) is 29.8 Å². The largest absolute Gasteiger partial charge is 0.443 e. The molecule has 4 aromatic carbocycles. The van der Waals surface area contributed by atoms with E-state index in [0.717, 1.165) is 11.1 Å². The number of guanidine groups is 1. The van der Waals surface area contributed by atoms with Crippen LogP contribution in [0.3, 0.4) is 0 Å². The van der Waals surface area contributed by atoms with Gasteiger partial charge in [0.25, 0.3) is 0 Å². The predicted molar refractivity (Wildman–Crippen MR) is 171 cm³/mol. The molecule has 1 aliphatic rings. The molecule has 0 fully saturated rings. The highest BCUT2D eigenvalue weighted by molar-refractivity contribution is 5.97. The number of benzene rings is 4. The lowest BCUT2D eigenvalue weighted by atomic mass is 10.1. The van der Waals surface area contributed by atoms with Gasteiger partial charge in [0.1, 0.15) is 18.9 Å². The molecule has 234 valence electrons. The van der Waals surface area contributed by atoms with Gasteiger partial charge in [0, 0.05) is 12.0 Å². The summed E-state index contributed by atoms with van der Waals surface area (Å²) in [5, 5.41) is 1.35. The van der Waals surface area contributed by atoms with Crippen molar-refractivity contribution in [2.75, 3.05) is 11.6 Å². The Balaban J connectivity index is 1.56. The third kappa shape index (κ3) is 7.45. The maximum atomic E-state index is 14.9. The smallest absolute Gasteiger partial charge is 0.440 e. The van der Waals surface area contributed by atoms with Gasteiger partial charge in [0.2, 0.25) is 6.41 Å². The number of ether oxygens (including phenoxy) is 2. The molecular weight excluding hydrogens is 586 g/mol. The summed E-state index contributed by atoms with van der Waals surface area (Å²) in [5.74, 6) is -1.27. The Morgan fingerprint density at radius 2 is 1.50 bits per heavy atom. The number of nitrogens with one attached hydrogen (secondary N) is 1. The van der Waals surface area contributed by atoms with E-state index < -0.39 is 34.9 Å². The van der Waals surface area contributed by atoms with E-state index in [1.807, 2.05) is 48.5 Å². The molecule has 3 amide bonds. The van der Waals surface area contributed by atoms with Gasteiger partial charge in [-0.25, -0.2) is 9.59 Å². The number of nitrogens with zero attached hydrogens (tertiary/aromatic N) is 3. The minimum Gasteiger partial charge on any atom is -0.443 e. The molecule has 0 saturated heterocycles. The highest BCUT2D eigenvalue weighted by Gasteiger charge is 2.52. The molecule has 0 bridgehead atoms. The van der Waals surface area contributed by atoms with E-state index in [-0.39, 0.29) is 25.7 Å². The Bertz CT molecular complexity index is 1700. The molecule has 0 spiro atoms. The normalized spacial score (nSPS) is 17.7. The van der Waals surface area contributed by atoms with E-state index in [2.05, 4.69) is 10.4 Å². The Hall–Kier alpha value is -5.81. The molecule has 0 saturated carbocycles. The summed E-state index contributed by atoms with van der Waals surface area (Å²) in [4.78, 5) is 57.1. The fourth-order valence-electron chi connectivity index (χ4n) is 5.43. The van der Waals surface area contributed by atoms with Gasteiger partial charge >= 0.3 is 23.9 Å². The van der Waals surface area contributed by atoms with Crippen LogP contribution in [0.25, 0.3) is 0 Å². The molecule has 0 aromatic heterocycles. The molecule has 46 heavy (non-hydrogen) atoms. The molecule has 3 N–H and O–H groups in total. The molecule has 1 aliphatic heterocycles. The van der Waals surface area contributed by atoms with Crippen molar-refractivity contribution in [3.63, 3.8) is 0 Å². The van der Waals surface area contributed by atoms with Crippen LogP contribution in [0, 0.1) is 0 Å². The van der Waals surface area contributed by atoms with Gasteiger partial charge in [-0.05, 0) is 29.3 Å². The summed E-state index contributed by atoms with van der Waals surface area (Å²) in [6, 6.07) is 32.8. The van der Waals surface area contributed by atoms with Crippen LogP contribution in [-0.2, 0) is 38.7 Å². The quantitative estimate of drug-likeness (QED) is 0.0669. The van der Waals surface area contributed by atoms with Gasteiger partial charge in [0.05, 0.1) is 18.7 Å². The molecule has 2 atom stereocenters. The van der Waals surface area contributed by atoms with E-state index in [1.165, 1.54) is 5.01 Å². The van der Waals surface area contributed by atoms with E-state index in [1.54, 1.807) is 66.7 Å². The Morgan fingerprint density at radius 1 is 0.891 bits per heavy atom. The summed E-state index contributed by atoms with van der Waals surface area (Å²) in [6.45, 7) is 0.0459. The number of fused-ring (bicyclic) bond motifs is 1. The fraction of sp³-hybridized carbons (Fsp3) is 0.171. The van der Waals surface area contributed by atoms with Gasteiger partial charge in [-0.15, -0.1) is 4.99 Å². The van der Waals surface area contributed by atoms with Crippen molar-refractivity contribution >= 4 is 36.0 Å². The summed E-state index contributed by atoms with van der Waals surface area (Å²) in [5.41, 5.74) is 12.0. The topological polar surface area (TPSA) is 140 Å². The second kappa shape index (κ2) is 14.8. The first-order chi connectivity index (χ1) is 22.4. The molecule has 0 radical (unpaired) electrons. The number of hydrogen-bond donors (Lipinski definition) is 2. The van der Waals surface area contributed by atoms with Crippen molar-refractivity contribution < 1.29 is 33.1 Å². The zero-order valence-electron chi connectivity index (χ0n) is 25.0. The van der Waals surface area contributed by atoms with Crippen LogP contribution < -0.4 is 20.9 Å². The summed E-state index contributed by atoms with van der Waals surface area (Å²) in [7, 11) is 0. The molecule has 4 aromatic rings. The SMILES string of the molecule is NC(=NC(=O)OCc1ccccc1)[N+]1(CCc2ccccc2)Cc2ccccc2N(NC=O)C(CC(=O)Oc2ccccc2)C1=O. The number of para-hydroxylation sites is 2.